The van der Waals surface area contributed by atoms with E-state index in [9.17, 15) is 4.79 Å². The predicted molar refractivity (Wildman–Crippen MR) is 124 cm³/mol. The zero-order valence-electron chi connectivity index (χ0n) is 16.8. The second-order valence-electron chi connectivity index (χ2n) is 7.34. The number of nitrogens with one attached hydrogen (secondary N) is 2. The summed E-state index contributed by atoms with van der Waals surface area (Å²) in [6.07, 6.45) is 1.96. The maximum atomic E-state index is 12.6. The van der Waals surface area contributed by atoms with E-state index in [0.29, 0.717) is 5.56 Å². The van der Waals surface area contributed by atoms with E-state index in [-0.39, 0.29) is 11.9 Å². The average Bonchev–Trinajstić information content (AvgIpc) is 2.80. The van der Waals surface area contributed by atoms with E-state index in [2.05, 4.69) is 41.7 Å². The number of hydrogen-bond acceptors (Lipinski definition) is 5. The monoisotopic (exact) mass is 465 g/mol. The number of hydrogen-bond donors (Lipinski definition) is 2. The van der Waals surface area contributed by atoms with Crippen LogP contribution in [0.1, 0.15) is 23.2 Å². The van der Waals surface area contributed by atoms with Crippen molar-refractivity contribution in [3.63, 3.8) is 0 Å². The average molecular weight is 466 g/mol. The van der Waals surface area contributed by atoms with Gasteiger partial charge < -0.3 is 15.5 Å². The Morgan fingerprint density at radius 3 is 2.60 bits per heavy atom. The van der Waals surface area contributed by atoms with Crippen molar-refractivity contribution < 1.29 is 4.79 Å². The minimum absolute atomic E-state index is 0.0422. The summed E-state index contributed by atoms with van der Waals surface area (Å²) < 4.78 is 0.960. The van der Waals surface area contributed by atoms with E-state index in [4.69, 9.17) is 0 Å². The number of aromatic nitrogens is 2. The number of amides is 1. The fourth-order valence-electron chi connectivity index (χ4n) is 3.74. The molecular formula is C23H24BrN5O. The van der Waals surface area contributed by atoms with Gasteiger partial charge in [-0.15, -0.1) is 10.2 Å². The van der Waals surface area contributed by atoms with E-state index in [0.717, 1.165) is 53.2 Å². The van der Waals surface area contributed by atoms with Crippen molar-refractivity contribution in [3.05, 3.63) is 70.7 Å². The molecule has 1 atom stereocenters. The van der Waals surface area contributed by atoms with Crippen LogP contribution in [0.25, 0.3) is 11.3 Å². The lowest BCUT2D eigenvalue weighted by molar-refractivity contribution is 0.0933. The van der Waals surface area contributed by atoms with Crippen LogP contribution in [0, 0.1) is 0 Å². The molecule has 2 N–H and O–H groups in total. The van der Waals surface area contributed by atoms with Crippen LogP contribution in [0.5, 0.6) is 0 Å². The summed E-state index contributed by atoms with van der Waals surface area (Å²) in [7, 11) is 1.90. The molecule has 0 aliphatic carbocycles. The van der Waals surface area contributed by atoms with Crippen LogP contribution in [0.15, 0.2) is 65.1 Å². The van der Waals surface area contributed by atoms with Crippen molar-refractivity contribution in [1.82, 2.24) is 15.5 Å². The number of carbonyl (C=O) groups excluding carboxylic acids is 1. The molecule has 3 aromatic rings. The molecule has 1 aliphatic heterocycles. The molecule has 1 saturated heterocycles. The van der Waals surface area contributed by atoms with Crippen LogP contribution in [-0.4, -0.2) is 42.3 Å². The van der Waals surface area contributed by atoms with Crippen molar-refractivity contribution in [2.45, 2.75) is 18.9 Å². The van der Waals surface area contributed by atoms with Crippen molar-refractivity contribution in [2.75, 3.05) is 30.4 Å². The van der Waals surface area contributed by atoms with Gasteiger partial charge in [-0.05, 0) is 55.3 Å². The predicted octanol–water partition coefficient (Wildman–Crippen LogP) is 4.35. The maximum Gasteiger partial charge on any atom is 0.251 e. The van der Waals surface area contributed by atoms with E-state index >= 15 is 0 Å². The Kier molecular flexibility index (Phi) is 6.28. The molecule has 1 aliphatic rings. The van der Waals surface area contributed by atoms with E-state index in [1.54, 1.807) is 0 Å². The van der Waals surface area contributed by atoms with Gasteiger partial charge in [-0.1, -0.05) is 34.1 Å². The zero-order chi connectivity index (χ0) is 20.9. The van der Waals surface area contributed by atoms with Crippen LogP contribution in [0.3, 0.4) is 0 Å². The van der Waals surface area contributed by atoms with Crippen LogP contribution in [0.2, 0.25) is 0 Å². The van der Waals surface area contributed by atoms with Crippen LogP contribution in [0.4, 0.5) is 11.5 Å². The molecule has 154 valence electrons. The minimum Gasteiger partial charge on any atom is -0.388 e. The van der Waals surface area contributed by atoms with Gasteiger partial charge in [-0.25, -0.2) is 0 Å². The third kappa shape index (κ3) is 4.62. The van der Waals surface area contributed by atoms with Gasteiger partial charge in [0, 0.05) is 47.5 Å². The number of benzene rings is 2. The molecule has 1 aromatic heterocycles. The molecule has 0 spiro atoms. The first-order valence-corrected chi connectivity index (χ1v) is 10.9. The highest BCUT2D eigenvalue weighted by Gasteiger charge is 2.23. The van der Waals surface area contributed by atoms with Crippen molar-refractivity contribution in [1.29, 1.82) is 0 Å². The van der Waals surface area contributed by atoms with E-state index in [1.807, 2.05) is 67.7 Å². The molecule has 0 radical (unpaired) electrons. The van der Waals surface area contributed by atoms with Crippen molar-refractivity contribution >= 4 is 33.3 Å². The quantitative estimate of drug-likeness (QED) is 0.586. The lowest BCUT2D eigenvalue weighted by Gasteiger charge is -2.33. The van der Waals surface area contributed by atoms with Gasteiger partial charge >= 0.3 is 0 Å². The minimum atomic E-state index is -0.0422. The summed E-state index contributed by atoms with van der Waals surface area (Å²) in [5, 5.41) is 15.3. The molecular weight excluding hydrogens is 442 g/mol. The number of nitrogens with zero attached hydrogens (tertiary/aromatic N) is 3. The third-order valence-electron chi connectivity index (χ3n) is 5.31. The van der Waals surface area contributed by atoms with Crippen molar-refractivity contribution in [3.8, 4) is 11.3 Å². The van der Waals surface area contributed by atoms with Gasteiger partial charge in [-0.3, -0.25) is 4.79 Å². The first-order valence-electron chi connectivity index (χ1n) is 10.1. The molecule has 0 saturated carbocycles. The summed E-state index contributed by atoms with van der Waals surface area (Å²) >= 11 is 3.40. The summed E-state index contributed by atoms with van der Waals surface area (Å²) in [6.45, 7) is 1.63. The number of rotatable bonds is 5. The molecule has 2 aromatic carbocycles. The smallest absolute Gasteiger partial charge is 0.251 e. The van der Waals surface area contributed by atoms with Gasteiger partial charge in [-0.2, -0.15) is 0 Å². The fourth-order valence-corrected chi connectivity index (χ4v) is 4.00. The SMILES string of the molecule is CNc1ccccc1-c1ccc(N2CCCC(NC(=O)c3ccc(Br)cc3)C2)nn1. The Balaban J connectivity index is 1.43. The number of carbonyl (C=O) groups is 1. The number of piperidine rings is 1. The first kappa shape index (κ1) is 20.3. The lowest BCUT2D eigenvalue weighted by Crippen LogP contribution is -2.48. The van der Waals surface area contributed by atoms with Gasteiger partial charge in [0.15, 0.2) is 5.82 Å². The Bertz CT molecular complexity index is 1010. The summed E-state index contributed by atoms with van der Waals surface area (Å²) in [6, 6.07) is 19.6. The highest BCUT2D eigenvalue weighted by molar-refractivity contribution is 9.10. The molecule has 2 heterocycles. The Morgan fingerprint density at radius 1 is 1.07 bits per heavy atom. The standard InChI is InChI=1S/C23H24BrN5O/c1-25-20-7-3-2-6-19(20)21-12-13-22(28-27-21)29-14-4-5-18(15-29)26-23(30)16-8-10-17(24)11-9-16/h2-3,6-13,18,25H,4-5,14-15H2,1H3,(H,26,30). The van der Waals surface area contributed by atoms with Crippen LogP contribution in [-0.2, 0) is 0 Å². The molecule has 7 heteroatoms. The number of para-hydroxylation sites is 1. The molecule has 6 nitrogen and oxygen atoms in total. The van der Waals surface area contributed by atoms with Gasteiger partial charge in [0.1, 0.15) is 0 Å². The topological polar surface area (TPSA) is 70.2 Å². The highest BCUT2D eigenvalue weighted by atomic mass is 79.9. The Morgan fingerprint density at radius 2 is 1.87 bits per heavy atom. The second-order valence-corrected chi connectivity index (χ2v) is 8.25. The Hall–Kier alpha value is -2.93. The third-order valence-corrected chi connectivity index (χ3v) is 5.84. The zero-order valence-corrected chi connectivity index (χ0v) is 18.4. The van der Waals surface area contributed by atoms with Crippen LogP contribution >= 0.6 is 15.9 Å². The van der Waals surface area contributed by atoms with Crippen molar-refractivity contribution in [2.24, 2.45) is 0 Å². The maximum absolute atomic E-state index is 12.6. The summed E-state index contributed by atoms with van der Waals surface area (Å²) in [5.41, 5.74) is 3.55. The summed E-state index contributed by atoms with van der Waals surface area (Å²) in [5.74, 6) is 0.794. The molecule has 4 rings (SSSR count). The molecule has 1 fully saturated rings. The Labute approximate surface area is 184 Å². The first-order chi connectivity index (χ1) is 14.6. The highest BCUT2D eigenvalue weighted by Crippen LogP contribution is 2.27. The lowest BCUT2D eigenvalue weighted by atomic mass is 10.0. The summed E-state index contributed by atoms with van der Waals surface area (Å²) in [4.78, 5) is 14.7. The molecule has 30 heavy (non-hydrogen) atoms. The van der Waals surface area contributed by atoms with E-state index in [1.165, 1.54) is 0 Å². The normalized spacial score (nSPS) is 16.2. The number of anilines is 2. The molecule has 0 bridgehead atoms. The van der Waals surface area contributed by atoms with E-state index < -0.39 is 0 Å². The molecule has 1 unspecified atom stereocenters. The largest absolute Gasteiger partial charge is 0.388 e. The molecule has 1 amide bonds. The van der Waals surface area contributed by atoms with Gasteiger partial charge in [0.2, 0.25) is 0 Å². The van der Waals surface area contributed by atoms with Crippen LogP contribution < -0.4 is 15.5 Å². The van der Waals surface area contributed by atoms with Gasteiger partial charge in [0.05, 0.1) is 5.69 Å². The van der Waals surface area contributed by atoms with Gasteiger partial charge in [0.25, 0.3) is 5.91 Å². The fraction of sp³-hybridized carbons (Fsp3) is 0.261. The number of halogens is 1. The second kappa shape index (κ2) is 9.26.